The number of pyridine rings is 1. The molecule has 1 aliphatic heterocycles. The van der Waals surface area contributed by atoms with E-state index in [4.69, 9.17) is 5.11 Å². The number of nitrogens with one attached hydrogen (secondary N) is 2. The molecule has 3 rings (SSSR count). The Hall–Kier alpha value is -3.13. The number of likely N-dealkylation sites (tertiary alicyclic amines) is 1. The Morgan fingerprint density at radius 3 is 2.41 bits per heavy atom. The Balaban J connectivity index is 1.73. The number of hydrogen-bond acceptors (Lipinski definition) is 4. The van der Waals surface area contributed by atoms with Crippen molar-refractivity contribution in [2.45, 2.75) is 38.4 Å². The average Bonchev–Trinajstić information content (AvgIpc) is 2.69. The zero-order valence-electron chi connectivity index (χ0n) is 16.5. The third kappa shape index (κ3) is 5.03. The van der Waals surface area contributed by atoms with Gasteiger partial charge in [-0.25, -0.2) is 4.79 Å². The average molecular weight is 398 g/mol. The van der Waals surface area contributed by atoms with Gasteiger partial charge in [0, 0.05) is 42.6 Å². The van der Waals surface area contributed by atoms with Gasteiger partial charge in [-0.05, 0) is 50.6 Å². The third-order valence-corrected chi connectivity index (χ3v) is 5.23. The van der Waals surface area contributed by atoms with Crippen molar-refractivity contribution in [1.29, 1.82) is 0 Å². The molecular weight excluding hydrogens is 372 g/mol. The first-order valence-corrected chi connectivity index (χ1v) is 9.67. The van der Waals surface area contributed by atoms with Gasteiger partial charge in [0.05, 0.1) is 12.1 Å². The molecule has 2 aromatic rings. The van der Waals surface area contributed by atoms with E-state index in [1.165, 1.54) is 10.6 Å². The van der Waals surface area contributed by atoms with Gasteiger partial charge < -0.3 is 15.7 Å². The number of benzene rings is 1. The molecule has 29 heavy (non-hydrogen) atoms. The van der Waals surface area contributed by atoms with Gasteiger partial charge in [0.25, 0.3) is 11.5 Å². The summed E-state index contributed by atoms with van der Waals surface area (Å²) in [5.41, 5.74) is 0.970. The van der Waals surface area contributed by atoms with Crippen LogP contribution in [0.15, 0.2) is 53.5 Å². The van der Waals surface area contributed by atoms with Crippen LogP contribution in [0.1, 0.15) is 30.6 Å². The maximum Gasteiger partial charge on any atom is 0.404 e. The topological polar surface area (TPSA) is 104 Å². The Kier molecular flexibility index (Phi) is 6.33. The van der Waals surface area contributed by atoms with Crippen LogP contribution in [0.3, 0.4) is 0 Å². The van der Waals surface area contributed by atoms with Crippen LogP contribution in [0.25, 0.3) is 5.69 Å². The molecule has 0 aliphatic carbocycles. The zero-order valence-corrected chi connectivity index (χ0v) is 16.5. The monoisotopic (exact) mass is 398 g/mol. The molecule has 1 fully saturated rings. The van der Waals surface area contributed by atoms with Gasteiger partial charge in [-0.1, -0.05) is 6.07 Å². The summed E-state index contributed by atoms with van der Waals surface area (Å²) >= 11 is 0. The summed E-state index contributed by atoms with van der Waals surface area (Å²) in [6.45, 7) is 5.50. The summed E-state index contributed by atoms with van der Waals surface area (Å²) in [6, 6.07) is 11.3. The lowest BCUT2D eigenvalue weighted by molar-refractivity contribution is 0.0837. The van der Waals surface area contributed by atoms with Crippen molar-refractivity contribution in [3.8, 4) is 5.69 Å². The standard InChI is InChI=1S/C21H26N4O4/c1-14(2)24-12-10-17(23-21(28)29)18(13-24)22-20(27)15-6-8-16(9-7-15)25-11-4-3-5-19(25)26/h3-9,11,14,17-18,23H,10,12-13H2,1-2H3,(H,22,27)(H,28,29). The number of aromatic nitrogens is 1. The van der Waals surface area contributed by atoms with Gasteiger partial charge in [-0.15, -0.1) is 0 Å². The normalized spacial score (nSPS) is 19.7. The van der Waals surface area contributed by atoms with E-state index in [-0.39, 0.29) is 23.6 Å². The number of piperidine rings is 1. The molecule has 2 atom stereocenters. The zero-order chi connectivity index (χ0) is 21.0. The third-order valence-electron chi connectivity index (χ3n) is 5.23. The Morgan fingerprint density at radius 2 is 1.79 bits per heavy atom. The van der Waals surface area contributed by atoms with Crippen molar-refractivity contribution >= 4 is 12.0 Å². The lowest BCUT2D eigenvalue weighted by Crippen LogP contribution is -2.61. The molecule has 154 valence electrons. The molecule has 0 spiro atoms. The smallest absolute Gasteiger partial charge is 0.404 e. The number of nitrogens with zero attached hydrogens (tertiary/aromatic N) is 2. The van der Waals surface area contributed by atoms with E-state index in [2.05, 4.69) is 29.4 Å². The van der Waals surface area contributed by atoms with Crippen LogP contribution in [-0.4, -0.2) is 57.8 Å². The van der Waals surface area contributed by atoms with Crippen molar-refractivity contribution in [3.63, 3.8) is 0 Å². The Morgan fingerprint density at radius 1 is 1.07 bits per heavy atom. The molecular formula is C21H26N4O4. The molecule has 8 heteroatoms. The lowest BCUT2D eigenvalue weighted by atomic mass is 9.97. The van der Waals surface area contributed by atoms with E-state index in [1.54, 1.807) is 42.6 Å². The number of hydrogen-bond donors (Lipinski definition) is 3. The molecule has 3 N–H and O–H groups in total. The maximum atomic E-state index is 12.8. The molecule has 0 saturated carbocycles. The SMILES string of the molecule is CC(C)N1CCC(NC(=O)O)C(NC(=O)c2ccc(-n3ccccc3=O)cc2)C1. The minimum Gasteiger partial charge on any atom is -0.465 e. The van der Waals surface area contributed by atoms with E-state index in [1.807, 2.05) is 0 Å². The summed E-state index contributed by atoms with van der Waals surface area (Å²) in [4.78, 5) is 38.0. The fraction of sp³-hybridized carbons (Fsp3) is 0.381. The van der Waals surface area contributed by atoms with Crippen LogP contribution in [0, 0.1) is 0 Å². The number of carbonyl (C=O) groups excluding carboxylic acids is 1. The van der Waals surface area contributed by atoms with Crippen LogP contribution in [0.2, 0.25) is 0 Å². The molecule has 1 aromatic carbocycles. The molecule has 0 radical (unpaired) electrons. The molecule has 8 nitrogen and oxygen atoms in total. The highest BCUT2D eigenvalue weighted by Crippen LogP contribution is 2.15. The first-order chi connectivity index (χ1) is 13.8. The molecule has 2 unspecified atom stereocenters. The van der Waals surface area contributed by atoms with E-state index in [0.29, 0.717) is 30.3 Å². The highest BCUT2D eigenvalue weighted by atomic mass is 16.4. The van der Waals surface area contributed by atoms with Crippen molar-refractivity contribution in [2.24, 2.45) is 0 Å². The van der Waals surface area contributed by atoms with Crippen molar-refractivity contribution in [2.75, 3.05) is 13.1 Å². The molecule has 0 bridgehead atoms. The predicted molar refractivity (Wildman–Crippen MR) is 110 cm³/mol. The van der Waals surface area contributed by atoms with Crippen LogP contribution in [0.5, 0.6) is 0 Å². The van der Waals surface area contributed by atoms with Gasteiger partial charge in [0.2, 0.25) is 0 Å². The van der Waals surface area contributed by atoms with Crippen LogP contribution < -0.4 is 16.2 Å². The second-order valence-electron chi connectivity index (χ2n) is 7.47. The fourth-order valence-corrected chi connectivity index (χ4v) is 3.59. The Bertz CT molecular complexity index is 923. The lowest BCUT2D eigenvalue weighted by Gasteiger charge is -2.40. The minimum absolute atomic E-state index is 0.150. The summed E-state index contributed by atoms with van der Waals surface area (Å²) in [5.74, 6) is -0.273. The second kappa shape index (κ2) is 8.91. The van der Waals surface area contributed by atoms with E-state index < -0.39 is 6.09 Å². The maximum absolute atomic E-state index is 12.8. The number of carbonyl (C=O) groups is 2. The Labute approximate surface area is 169 Å². The van der Waals surface area contributed by atoms with E-state index >= 15 is 0 Å². The van der Waals surface area contributed by atoms with Crippen molar-refractivity contribution in [1.82, 2.24) is 20.1 Å². The molecule has 2 heterocycles. The van der Waals surface area contributed by atoms with Gasteiger partial charge >= 0.3 is 6.09 Å². The van der Waals surface area contributed by atoms with E-state index in [0.717, 1.165) is 6.54 Å². The van der Waals surface area contributed by atoms with Gasteiger partial charge in [0.15, 0.2) is 0 Å². The minimum atomic E-state index is -1.09. The number of rotatable bonds is 5. The summed E-state index contributed by atoms with van der Waals surface area (Å²) in [7, 11) is 0. The van der Waals surface area contributed by atoms with Crippen molar-refractivity contribution in [3.05, 3.63) is 64.6 Å². The summed E-state index contributed by atoms with van der Waals surface area (Å²) in [5, 5.41) is 14.6. The second-order valence-corrected chi connectivity index (χ2v) is 7.47. The quantitative estimate of drug-likeness (QED) is 0.711. The van der Waals surface area contributed by atoms with Crippen molar-refractivity contribution < 1.29 is 14.7 Å². The van der Waals surface area contributed by atoms with Crippen LogP contribution >= 0.6 is 0 Å². The molecule has 1 aliphatic rings. The fourth-order valence-electron chi connectivity index (χ4n) is 3.59. The van der Waals surface area contributed by atoms with Gasteiger partial charge in [-0.2, -0.15) is 0 Å². The van der Waals surface area contributed by atoms with Crippen LogP contribution in [0.4, 0.5) is 4.79 Å². The molecule has 1 aromatic heterocycles. The molecule has 1 saturated heterocycles. The highest BCUT2D eigenvalue weighted by molar-refractivity contribution is 5.94. The molecule has 2 amide bonds. The van der Waals surface area contributed by atoms with Gasteiger partial charge in [0.1, 0.15) is 0 Å². The largest absolute Gasteiger partial charge is 0.465 e. The van der Waals surface area contributed by atoms with Crippen LogP contribution in [-0.2, 0) is 0 Å². The van der Waals surface area contributed by atoms with E-state index in [9.17, 15) is 14.4 Å². The predicted octanol–water partition coefficient (Wildman–Crippen LogP) is 1.69. The summed E-state index contributed by atoms with van der Waals surface area (Å²) in [6.07, 6.45) is 1.21. The first kappa shape index (κ1) is 20.6. The number of carboxylic acid groups (broad SMARTS) is 1. The van der Waals surface area contributed by atoms with Gasteiger partial charge in [-0.3, -0.25) is 19.1 Å². The highest BCUT2D eigenvalue weighted by Gasteiger charge is 2.32. The first-order valence-electron chi connectivity index (χ1n) is 9.67. The number of amides is 2. The summed E-state index contributed by atoms with van der Waals surface area (Å²) < 4.78 is 1.50.